The Labute approximate surface area is 232 Å². The van der Waals surface area contributed by atoms with Gasteiger partial charge in [-0.15, -0.1) is 0 Å². The third-order valence-corrected chi connectivity index (χ3v) is 6.96. The summed E-state index contributed by atoms with van der Waals surface area (Å²) < 4.78 is 1.55. The van der Waals surface area contributed by atoms with Gasteiger partial charge in [-0.25, -0.2) is 0 Å². The summed E-state index contributed by atoms with van der Waals surface area (Å²) in [5.41, 5.74) is 6.73. The summed E-state index contributed by atoms with van der Waals surface area (Å²) in [6.45, 7) is 12.3. The van der Waals surface area contributed by atoms with Crippen LogP contribution in [0.5, 0.6) is 0 Å². The topological polar surface area (TPSA) is 84.3 Å². The lowest BCUT2D eigenvalue weighted by Gasteiger charge is -2.26. The lowest BCUT2D eigenvalue weighted by atomic mass is 9.94. The van der Waals surface area contributed by atoms with Crippen molar-refractivity contribution >= 4 is 11.7 Å². The fourth-order valence-electron chi connectivity index (χ4n) is 5.09. The summed E-state index contributed by atoms with van der Waals surface area (Å²) in [7, 11) is 3.94. The number of benzene rings is 1. The molecule has 0 spiro atoms. The number of nitrogens with zero attached hydrogens (tertiary/aromatic N) is 3. The predicted molar refractivity (Wildman–Crippen MR) is 157 cm³/mol. The van der Waals surface area contributed by atoms with Gasteiger partial charge in [0, 0.05) is 43.2 Å². The van der Waals surface area contributed by atoms with Crippen LogP contribution in [0.25, 0.3) is 11.1 Å². The molecule has 2 atom stereocenters. The second-order valence-corrected chi connectivity index (χ2v) is 11.4. The van der Waals surface area contributed by atoms with Gasteiger partial charge in [0.2, 0.25) is 5.91 Å². The minimum atomic E-state index is -0.705. The number of aromatic nitrogens is 2. The number of hydrogen-bond acceptors (Lipinski definition) is 5. The largest absolute Gasteiger partial charge is 0.347 e. The number of hydrogen-bond donors (Lipinski definition) is 1. The Kier molecular flexibility index (Phi) is 9.97. The highest BCUT2D eigenvalue weighted by molar-refractivity contribution is 5.83. The zero-order valence-electron chi connectivity index (χ0n) is 24.5. The Balaban J connectivity index is 2.02. The minimum absolute atomic E-state index is 0.0426. The number of amides is 1. The third-order valence-electron chi connectivity index (χ3n) is 6.96. The van der Waals surface area contributed by atoms with E-state index in [-0.39, 0.29) is 29.6 Å². The molecular weight excluding hydrogens is 488 g/mol. The van der Waals surface area contributed by atoms with Gasteiger partial charge in [0.05, 0.1) is 6.04 Å². The van der Waals surface area contributed by atoms with E-state index in [9.17, 15) is 14.4 Å². The molecule has 0 aliphatic carbocycles. The molecular formula is C32H42N4O3. The minimum Gasteiger partial charge on any atom is -0.347 e. The van der Waals surface area contributed by atoms with Crippen LogP contribution in [0, 0.1) is 26.7 Å². The van der Waals surface area contributed by atoms with E-state index in [2.05, 4.69) is 36.3 Å². The van der Waals surface area contributed by atoms with Crippen LogP contribution in [0.15, 0.2) is 53.7 Å². The first-order valence-electron chi connectivity index (χ1n) is 13.5. The van der Waals surface area contributed by atoms with E-state index in [0.29, 0.717) is 13.0 Å². The van der Waals surface area contributed by atoms with E-state index in [1.54, 1.807) is 16.8 Å². The van der Waals surface area contributed by atoms with Gasteiger partial charge in [0.15, 0.2) is 0 Å². The highest BCUT2D eigenvalue weighted by Gasteiger charge is 2.27. The molecule has 2 heterocycles. The summed E-state index contributed by atoms with van der Waals surface area (Å²) in [6.07, 6.45) is 5.95. The molecule has 1 amide bonds. The van der Waals surface area contributed by atoms with Crippen molar-refractivity contribution in [1.82, 2.24) is 19.8 Å². The molecule has 7 heteroatoms. The highest BCUT2D eigenvalue weighted by atomic mass is 16.2. The number of pyridine rings is 2. The summed E-state index contributed by atoms with van der Waals surface area (Å²) in [5.74, 6) is -0.153. The van der Waals surface area contributed by atoms with Gasteiger partial charge >= 0.3 is 0 Å². The van der Waals surface area contributed by atoms with E-state index in [1.165, 1.54) is 6.92 Å². The summed E-state index contributed by atoms with van der Waals surface area (Å²) >= 11 is 0. The molecule has 1 N–H and O–H groups in total. The van der Waals surface area contributed by atoms with Crippen molar-refractivity contribution in [2.75, 3.05) is 14.1 Å². The maximum Gasteiger partial charge on any atom is 0.251 e. The maximum absolute atomic E-state index is 13.9. The average molecular weight is 531 g/mol. The smallest absolute Gasteiger partial charge is 0.251 e. The van der Waals surface area contributed by atoms with Gasteiger partial charge in [-0.05, 0) is 93.6 Å². The van der Waals surface area contributed by atoms with E-state index in [0.717, 1.165) is 38.9 Å². The molecule has 0 radical (unpaired) electrons. The molecule has 0 fully saturated rings. The molecule has 1 aromatic carbocycles. The molecule has 3 rings (SSSR count). The lowest BCUT2D eigenvalue weighted by molar-refractivity contribution is -0.126. The van der Waals surface area contributed by atoms with Crippen LogP contribution in [0.4, 0.5) is 0 Å². The fourth-order valence-corrected chi connectivity index (χ4v) is 5.09. The van der Waals surface area contributed by atoms with E-state index in [4.69, 9.17) is 0 Å². The maximum atomic E-state index is 13.9. The molecule has 2 aromatic heterocycles. The highest BCUT2D eigenvalue weighted by Crippen LogP contribution is 2.30. The second-order valence-electron chi connectivity index (χ2n) is 11.4. The number of rotatable bonds is 11. The molecule has 39 heavy (non-hydrogen) atoms. The quantitative estimate of drug-likeness (QED) is 0.363. The van der Waals surface area contributed by atoms with E-state index >= 15 is 0 Å². The van der Waals surface area contributed by atoms with Crippen molar-refractivity contribution in [3.63, 3.8) is 0 Å². The van der Waals surface area contributed by atoms with Crippen molar-refractivity contribution in [1.29, 1.82) is 0 Å². The Morgan fingerprint density at radius 1 is 1.03 bits per heavy atom. The van der Waals surface area contributed by atoms with E-state index < -0.39 is 12.1 Å². The molecule has 7 nitrogen and oxygen atoms in total. The number of ketones is 1. The zero-order chi connectivity index (χ0) is 28.9. The molecule has 0 saturated heterocycles. The van der Waals surface area contributed by atoms with Crippen molar-refractivity contribution < 1.29 is 9.59 Å². The van der Waals surface area contributed by atoms with Crippen molar-refractivity contribution in [3.05, 3.63) is 87.1 Å². The number of aryl methyl sites for hydroxylation is 3. The molecule has 0 aliphatic rings. The fraction of sp³-hybridized carbons (Fsp3) is 0.438. The summed E-state index contributed by atoms with van der Waals surface area (Å²) in [4.78, 5) is 45.8. The number of carbonyl (C=O) groups is 2. The summed E-state index contributed by atoms with van der Waals surface area (Å²) in [5, 5.41) is 3.11. The number of nitrogens with one attached hydrogen (secondary N) is 1. The third kappa shape index (κ3) is 7.73. The van der Waals surface area contributed by atoms with Crippen LogP contribution in [0.1, 0.15) is 73.5 Å². The predicted octanol–water partition coefficient (Wildman–Crippen LogP) is 5.32. The molecule has 3 aromatic rings. The molecule has 208 valence electrons. The first-order valence-corrected chi connectivity index (χ1v) is 13.5. The van der Waals surface area contributed by atoms with Crippen LogP contribution < -0.4 is 10.9 Å². The second kappa shape index (κ2) is 13.0. The standard InChI is InChI=1S/C32H42N4O3/c1-20(2)12-29(36-19-27(18-35(7)8)23(5)13-30(36)38)32(39)34-28(14-24(6)37)25-15-26(17-33-16-25)31-21(3)10-9-11-22(31)4/h9-11,13,15-17,19-20,28-29H,12,14,18H2,1-8H3,(H,34,39)/t28-,29-/m0/s1. The Bertz CT molecular complexity index is 1370. The Morgan fingerprint density at radius 2 is 1.69 bits per heavy atom. The Morgan fingerprint density at radius 3 is 2.28 bits per heavy atom. The van der Waals surface area contributed by atoms with Crippen molar-refractivity contribution in [2.24, 2.45) is 5.92 Å². The van der Waals surface area contributed by atoms with Gasteiger partial charge in [-0.1, -0.05) is 32.0 Å². The van der Waals surface area contributed by atoms with Gasteiger partial charge in [0.1, 0.15) is 11.8 Å². The first kappa shape index (κ1) is 30.0. The van der Waals surface area contributed by atoms with Gasteiger partial charge in [0.25, 0.3) is 5.56 Å². The molecule has 0 unspecified atom stereocenters. The SMILES string of the molecule is CC(=O)C[C@H](NC(=O)[C@H](CC(C)C)n1cc(CN(C)C)c(C)cc1=O)c1cncc(-c2c(C)cccc2C)c1. The Hall–Kier alpha value is -3.58. The van der Waals surface area contributed by atoms with Gasteiger partial charge < -0.3 is 14.8 Å². The van der Waals surface area contributed by atoms with Crippen LogP contribution in [-0.4, -0.2) is 40.2 Å². The first-order chi connectivity index (χ1) is 18.4. The summed E-state index contributed by atoms with van der Waals surface area (Å²) in [6, 6.07) is 8.47. The van der Waals surface area contributed by atoms with Crippen molar-refractivity contribution in [3.8, 4) is 11.1 Å². The van der Waals surface area contributed by atoms with E-state index in [1.807, 2.05) is 64.3 Å². The van der Waals surface area contributed by atoms with Crippen molar-refractivity contribution in [2.45, 2.75) is 73.0 Å². The van der Waals surface area contributed by atoms with Crippen LogP contribution in [0.3, 0.4) is 0 Å². The monoisotopic (exact) mass is 530 g/mol. The average Bonchev–Trinajstić information content (AvgIpc) is 2.83. The molecule has 0 bridgehead atoms. The van der Waals surface area contributed by atoms with Gasteiger partial charge in [-0.2, -0.15) is 0 Å². The van der Waals surface area contributed by atoms with Crippen LogP contribution in [0.2, 0.25) is 0 Å². The van der Waals surface area contributed by atoms with Gasteiger partial charge in [-0.3, -0.25) is 19.4 Å². The normalized spacial score (nSPS) is 13.0. The molecule has 0 aliphatic heterocycles. The van der Waals surface area contributed by atoms with Crippen LogP contribution >= 0.6 is 0 Å². The number of carbonyl (C=O) groups excluding carboxylic acids is 2. The van der Waals surface area contributed by atoms with Crippen LogP contribution in [-0.2, 0) is 16.1 Å². The zero-order valence-corrected chi connectivity index (χ0v) is 24.5. The lowest BCUT2D eigenvalue weighted by Crippen LogP contribution is -2.40. The number of Topliss-reactive ketones (excluding diaryl/α,β-unsaturated/α-hetero) is 1. The molecule has 0 saturated carbocycles.